The highest BCUT2D eigenvalue weighted by molar-refractivity contribution is 5.97. The number of hydrogen-bond donors (Lipinski definition) is 1. The van der Waals surface area contributed by atoms with Gasteiger partial charge in [-0.25, -0.2) is 0 Å². The minimum atomic E-state index is -0.306. The molecule has 1 amide bonds. The van der Waals surface area contributed by atoms with Crippen molar-refractivity contribution in [1.82, 2.24) is 15.2 Å². The van der Waals surface area contributed by atoms with Gasteiger partial charge in [0, 0.05) is 17.1 Å². The number of nitrogens with one attached hydrogen (secondary N) is 1. The van der Waals surface area contributed by atoms with Crippen LogP contribution < -0.4 is 10.1 Å². The smallest absolute Gasteiger partial charge is 0.252 e. The first kappa shape index (κ1) is 21.3. The third-order valence-electron chi connectivity index (χ3n) is 6.25. The Labute approximate surface area is 184 Å². The quantitative estimate of drug-likeness (QED) is 0.674. The van der Waals surface area contributed by atoms with Gasteiger partial charge < -0.3 is 15.0 Å². The summed E-state index contributed by atoms with van der Waals surface area (Å²) in [5.74, 6) is 0.633. The van der Waals surface area contributed by atoms with Gasteiger partial charge in [-0.3, -0.25) is 9.78 Å². The van der Waals surface area contributed by atoms with Crippen LogP contribution in [-0.4, -0.2) is 43.0 Å². The Morgan fingerprint density at radius 1 is 1.13 bits per heavy atom. The van der Waals surface area contributed by atoms with Crippen LogP contribution in [0.2, 0.25) is 0 Å². The van der Waals surface area contributed by atoms with Crippen molar-refractivity contribution in [3.63, 3.8) is 0 Å². The zero-order valence-electron chi connectivity index (χ0n) is 18.9. The maximum Gasteiger partial charge on any atom is 0.252 e. The summed E-state index contributed by atoms with van der Waals surface area (Å²) in [6.07, 6.45) is 5.10. The van der Waals surface area contributed by atoms with Crippen LogP contribution in [0.1, 0.15) is 46.3 Å². The molecule has 2 aliphatic rings. The molecule has 1 aromatic heterocycles. The molecule has 1 saturated carbocycles. The van der Waals surface area contributed by atoms with Gasteiger partial charge in [-0.2, -0.15) is 0 Å². The number of methoxy groups -OCH3 is 1. The first-order valence-electron chi connectivity index (χ1n) is 10.9. The summed E-state index contributed by atoms with van der Waals surface area (Å²) < 4.78 is 5.28. The Kier molecular flexibility index (Phi) is 5.96. The van der Waals surface area contributed by atoms with Gasteiger partial charge in [0.1, 0.15) is 5.75 Å². The average Bonchev–Trinajstić information content (AvgIpc) is 3.52. The van der Waals surface area contributed by atoms with Crippen LogP contribution in [0.15, 0.2) is 48.7 Å². The van der Waals surface area contributed by atoms with Crippen molar-refractivity contribution in [1.29, 1.82) is 0 Å². The topological polar surface area (TPSA) is 54.5 Å². The Morgan fingerprint density at radius 2 is 1.87 bits per heavy atom. The number of hydrogen-bond acceptors (Lipinski definition) is 4. The molecule has 1 saturated heterocycles. The van der Waals surface area contributed by atoms with Gasteiger partial charge in [0.05, 0.1) is 18.2 Å². The summed E-state index contributed by atoms with van der Waals surface area (Å²) in [6.45, 7) is 6.65. The van der Waals surface area contributed by atoms with Crippen molar-refractivity contribution >= 4 is 16.8 Å². The Bertz CT molecular complexity index is 1100. The first-order chi connectivity index (χ1) is 14.9. The molecular weight excluding hydrogens is 386 g/mol. The SMILES string of the molecule is CN1CCC1.COc1ccc(C)c(C(=O)NC2(c3cc(C)cc4ncccc34)CC2)c1. The molecule has 5 nitrogen and oxygen atoms in total. The number of likely N-dealkylation sites (tertiary alicyclic amines) is 1. The number of fused-ring (bicyclic) bond motifs is 1. The molecule has 0 radical (unpaired) electrons. The van der Waals surface area contributed by atoms with Crippen LogP contribution in [0.4, 0.5) is 0 Å². The van der Waals surface area contributed by atoms with E-state index in [0.717, 1.165) is 40.4 Å². The Hall–Kier alpha value is -2.92. The number of ether oxygens (including phenoxy) is 1. The van der Waals surface area contributed by atoms with Crippen LogP contribution in [0, 0.1) is 13.8 Å². The number of aromatic nitrogens is 1. The number of pyridine rings is 1. The largest absolute Gasteiger partial charge is 0.497 e. The van der Waals surface area contributed by atoms with Crippen molar-refractivity contribution in [2.45, 2.75) is 38.6 Å². The van der Waals surface area contributed by atoms with Gasteiger partial charge in [0.25, 0.3) is 5.91 Å². The highest BCUT2D eigenvalue weighted by atomic mass is 16.5. The van der Waals surface area contributed by atoms with Crippen molar-refractivity contribution < 1.29 is 9.53 Å². The van der Waals surface area contributed by atoms with E-state index in [-0.39, 0.29) is 11.4 Å². The highest BCUT2D eigenvalue weighted by Crippen LogP contribution is 2.48. The minimum absolute atomic E-state index is 0.0579. The van der Waals surface area contributed by atoms with E-state index < -0.39 is 0 Å². The molecule has 0 atom stereocenters. The lowest BCUT2D eigenvalue weighted by Crippen LogP contribution is -2.35. The standard InChI is InChI=1S/C22H22N2O2.C4H9N/c1-14-11-19(17-5-4-10-23-20(17)12-14)22(8-9-22)24-21(25)18-13-16(26-3)7-6-15(18)2;1-5-3-2-4-5/h4-7,10-13H,8-9H2,1-3H3,(H,24,25);2-4H2,1H3. The molecule has 0 unspecified atom stereocenters. The molecule has 5 rings (SSSR count). The predicted octanol–water partition coefficient (Wildman–Crippen LogP) is 4.60. The number of benzene rings is 2. The van der Waals surface area contributed by atoms with Gasteiger partial charge in [0.2, 0.25) is 0 Å². The van der Waals surface area contributed by atoms with E-state index in [1.807, 2.05) is 31.3 Å². The molecule has 3 aromatic rings. The Morgan fingerprint density at radius 3 is 2.48 bits per heavy atom. The molecule has 162 valence electrons. The summed E-state index contributed by atoms with van der Waals surface area (Å²) in [5, 5.41) is 4.40. The number of nitrogens with zero attached hydrogens (tertiary/aromatic N) is 2. The first-order valence-corrected chi connectivity index (χ1v) is 10.9. The van der Waals surface area contributed by atoms with Gasteiger partial charge in [-0.1, -0.05) is 18.2 Å². The van der Waals surface area contributed by atoms with Crippen LogP contribution in [0.25, 0.3) is 10.9 Å². The van der Waals surface area contributed by atoms with E-state index in [4.69, 9.17) is 4.74 Å². The molecule has 1 aliphatic heterocycles. The molecular formula is C26H31N3O2. The maximum absolute atomic E-state index is 13.0. The third kappa shape index (κ3) is 4.57. The van der Waals surface area contributed by atoms with Gasteiger partial charge >= 0.3 is 0 Å². The molecule has 2 fully saturated rings. The lowest BCUT2D eigenvalue weighted by molar-refractivity contribution is 0.0930. The number of carbonyl (C=O) groups is 1. The zero-order chi connectivity index (χ0) is 22.0. The molecule has 0 spiro atoms. The Balaban J connectivity index is 0.000000407. The fourth-order valence-electron chi connectivity index (χ4n) is 4.04. The number of rotatable bonds is 4. The molecule has 31 heavy (non-hydrogen) atoms. The van der Waals surface area contributed by atoms with E-state index in [1.54, 1.807) is 13.2 Å². The fraction of sp³-hybridized carbons (Fsp3) is 0.385. The van der Waals surface area contributed by atoms with E-state index >= 15 is 0 Å². The summed E-state index contributed by atoms with van der Waals surface area (Å²) in [7, 11) is 3.75. The molecule has 1 aliphatic carbocycles. The van der Waals surface area contributed by atoms with Crippen LogP contribution in [0.5, 0.6) is 5.75 Å². The van der Waals surface area contributed by atoms with Gasteiger partial charge in [0.15, 0.2) is 0 Å². The fourth-order valence-corrected chi connectivity index (χ4v) is 4.04. The van der Waals surface area contributed by atoms with Crippen molar-refractivity contribution in [3.8, 4) is 5.75 Å². The van der Waals surface area contributed by atoms with E-state index in [0.29, 0.717) is 11.3 Å². The third-order valence-corrected chi connectivity index (χ3v) is 6.25. The van der Waals surface area contributed by atoms with E-state index in [2.05, 4.69) is 47.4 Å². The van der Waals surface area contributed by atoms with E-state index in [9.17, 15) is 4.79 Å². The van der Waals surface area contributed by atoms with Crippen LogP contribution >= 0.6 is 0 Å². The number of amides is 1. The van der Waals surface area contributed by atoms with Crippen molar-refractivity contribution in [3.05, 3.63) is 70.9 Å². The lowest BCUT2D eigenvalue weighted by atomic mass is 9.96. The monoisotopic (exact) mass is 417 g/mol. The summed E-state index contributed by atoms with van der Waals surface area (Å²) in [4.78, 5) is 19.8. The molecule has 0 bridgehead atoms. The summed E-state index contributed by atoms with van der Waals surface area (Å²) >= 11 is 0. The van der Waals surface area contributed by atoms with Gasteiger partial charge in [-0.05, 0) is 94.2 Å². The molecule has 1 N–H and O–H groups in total. The molecule has 2 aromatic carbocycles. The van der Waals surface area contributed by atoms with Gasteiger partial charge in [-0.15, -0.1) is 0 Å². The second-order valence-electron chi connectivity index (χ2n) is 8.76. The number of carbonyl (C=O) groups excluding carboxylic acids is 1. The van der Waals surface area contributed by atoms with Crippen molar-refractivity contribution in [2.24, 2.45) is 0 Å². The van der Waals surface area contributed by atoms with Crippen LogP contribution in [0.3, 0.4) is 0 Å². The maximum atomic E-state index is 13.0. The normalized spacial score (nSPS) is 16.6. The van der Waals surface area contributed by atoms with Crippen LogP contribution in [-0.2, 0) is 5.54 Å². The highest BCUT2D eigenvalue weighted by Gasteiger charge is 2.47. The summed E-state index contributed by atoms with van der Waals surface area (Å²) in [6, 6.07) is 13.9. The molecule has 5 heteroatoms. The lowest BCUT2D eigenvalue weighted by Gasteiger charge is -2.24. The zero-order valence-corrected chi connectivity index (χ0v) is 18.9. The molecule has 2 heterocycles. The number of aryl methyl sites for hydroxylation is 2. The summed E-state index contributed by atoms with van der Waals surface area (Å²) in [5.41, 5.74) is 4.58. The predicted molar refractivity (Wildman–Crippen MR) is 125 cm³/mol. The van der Waals surface area contributed by atoms with Crippen molar-refractivity contribution in [2.75, 3.05) is 27.2 Å². The average molecular weight is 418 g/mol. The second-order valence-corrected chi connectivity index (χ2v) is 8.76. The van der Waals surface area contributed by atoms with E-state index in [1.165, 1.54) is 19.5 Å². The second kappa shape index (κ2) is 8.67. The minimum Gasteiger partial charge on any atom is -0.497 e.